The lowest BCUT2D eigenvalue weighted by Gasteiger charge is -2.21. The maximum absolute atomic E-state index is 12.4. The first-order valence-electron chi connectivity index (χ1n) is 9.34. The monoisotopic (exact) mass is 426 g/mol. The van der Waals surface area contributed by atoms with Crippen LogP contribution in [0.3, 0.4) is 0 Å². The van der Waals surface area contributed by atoms with Gasteiger partial charge in [0.2, 0.25) is 0 Å². The first kappa shape index (κ1) is 18.3. The molecule has 0 radical (unpaired) electrons. The first-order valence-corrected chi connectivity index (χ1v) is 10.1. The second-order valence-electron chi connectivity index (χ2n) is 7.05. The van der Waals surface area contributed by atoms with Crippen molar-refractivity contribution in [2.24, 2.45) is 0 Å². The van der Waals surface area contributed by atoms with Gasteiger partial charge in [-0.1, -0.05) is 30.3 Å². The van der Waals surface area contributed by atoms with Gasteiger partial charge in [-0.05, 0) is 53.1 Å². The molecule has 0 amide bonds. The molecule has 0 spiro atoms. The van der Waals surface area contributed by atoms with Crippen molar-refractivity contribution >= 4 is 21.6 Å². The lowest BCUT2D eigenvalue weighted by Crippen LogP contribution is -2.31. The van der Waals surface area contributed by atoms with Crippen LogP contribution < -0.4 is 5.56 Å². The van der Waals surface area contributed by atoms with Crippen molar-refractivity contribution in [3.8, 4) is 0 Å². The first-order chi connectivity index (χ1) is 13.2. The van der Waals surface area contributed by atoms with Gasteiger partial charge >= 0.3 is 0 Å². The highest BCUT2D eigenvalue weighted by Gasteiger charge is 2.16. The number of halogens is 1. The normalized spacial score (nSPS) is 16.5. The number of hydrogen-bond acceptors (Lipinski definition) is 4. The summed E-state index contributed by atoms with van der Waals surface area (Å²) in [5, 5.41) is 0. The van der Waals surface area contributed by atoms with E-state index in [4.69, 9.17) is 0 Å². The molecule has 6 heteroatoms. The summed E-state index contributed by atoms with van der Waals surface area (Å²) >= 11 is 3.40. The number of aromatic nitrogens is 2. The molecule has 3 heterocycles. The van der Waals surface area contributed by atoms with Gasteiger partial charge in [-0.15, -0.1) is 0 Å². The molecule has 1 aromatic carbocycles. The summed E-state index contributed by atoms with van der Waals surface area (Å²) in [5.74, 6) is 0. The van der Waals surface area contributed by atoms with Crippen LogP contribution in [0.15, 0.2) is 64.0 Å². The third-order valence-corrected chi connectivity index (χ3v) is 5.46. The Hall–Kier alpha value is -2.02. The van der Waals surface area contributed by atoms with Crippen LogP contribution in [0.5, 0.6) is 0 Å². The molecule has 4 rings (SSSR count). The zero-order chi connectivity index (χ0) is 18.6. The van der Waals surface area contributed by atoms with E-state index >= 15 is 0 Å². The van der Waals surface area contributed by atoms with Crippen LogP contribution >= 0.6 is 15.9 Å². The molecule has 1 fully saturated rings. The standard InChI is InChI=1S/C21H23BrN4O/c22-18-7-8-20-23-19(13-21(27)26(20)15-18)16-25-10-4-9-24(11-12-25)14-17-5-2-1-3-6-17/h1-3,5-8,13,15H,4,9-12,14,16H2. The minimum atomic E-state index is -0.0307. The van der Waals surface area contributed by atoms with Gasteiger partial charge in [0.1, 0.15) is 5.65 Å². The number of nitrogens with zero attached hydrogens (tertiary/aromatic N) is 4. The highest BCUT2D eigenvalue weighted by atomic mass is 79.9. The van der Waals surface area contributed by atoms with Crippen LogP contribution in [0.1, 0.15) is 17.7 Å². The van der Waals surface area contributed by atoms with Gasteiger partial charge in [0.05, 0.1) is 5.69 Å². The van der Waals surface area contributed by atoms with Gasteiger partial charge < -0.3 is 0 Å². The van der Waals surface area contributed by atoms with E-state index in [9.17, 15) is 4.79 Å². The molecular formula is C21H23BrN4O. The van der Waals surface area contributed by atoms with E-state index < -0.39 is 0 Å². The Morgan fingerprint density at radius 3 is 2.44 bits per heavy atom. The van der Waals surface area contributed by atoms with E-state index in [0.29, 0.717) is 5.65 Å². The molecule has 2 aromatic heterocycles. The lowest BCUT2D eigenvalue weighted by atomic mass is 10.2. The average molecular weight is 427 g/mol. The zero-order valence-electron chi connectivity index (χ0n) is 15.2. The summed E-state index contributed by atoms with van der Waals surface area (Å²) in [6.07, 6.45) is 2.90. The molecule has 1 saturated heterocycles. The van der Waals surface area contributed by atoms with Crippen LogP contribution in [0.4, 0.5) is 0 Å². The molecule has 3 aromatic rings. The molecule has 27 heavy (non-hydrogen) atoms. The number of benzene rings is 1. The Labute approximate surface area is 167 Å². The molecule has 0 atom stereocenters. The van der Waals surface area contributed by atoms with Gasteiger partial charge in [0, 0.05) is 42.9 Å². The molecule has 1 aliphatic rings. The number of pyridine rings is 1. The van der Waals surface area contributed by atoms with Crippen molar-refractivity contribution in [1.29, 1.82) is 0 Å². The fraction of sp³-hybridized carbons (Fsp3) is 0.333. The SMILES string of the molecule is O=c1cc(CN2CCCN(Cc3ccccc3)CC2)nc2ccc(Br)cn12. The Morgan fingerprint density at radius 1 is 0.926 bits per heavy atom. The second kappa shape index (κ2) is 8.33. The lowest BCUT2D eigenvalue weighted by molar-refractivity contribution is 0.245. The average Bonchev–Trinajstić information content (AvgIpc) is 2.88. The van der Waals surface area contributed by atoms with Crippen molar-refractivity contribution < 1.29 is 0 Å². The van der Waals surface area contributed by atoms with Crippen molar-refractivity contribution in [1.82, 2.24) is 19.2 Å². The van der Waals surface area contributed by atoms with Gasteiger partial charge in [-0.2, -0.15) is 0 Å². The van der Waals surface area contributed by atoms with Crippen molar-refractivity contribution in [3.63, 3.8) is 0 Å². The third kappa shape index (κ3) is 4.64. The number of rotatable bonds is 4. The maximum atomic E-state index is 12.4. The van der Waals surface area contributed by atoms with E-state index in [1.165, 1.54) is 5.56 Å². The van der Waals surface area contributed by atoms with E-state index in [0.717, 1.165) is 55.9 Å². The number of hydrogen-bond donors (Lipinski definition) is 0. The summed E-state index contributed by atoms with van der Waals surface area (Å²) in [6, 6.07) is 16.1. The fourth-order valence-electron chi connectivity index (χ4n) is 3.62. The molecule has 1 aliphatic heterocycles. The summed E-state index contributed by atoms with van der Waals surface area (Å²) in [5.41, 5.74) is 2.87. The van der Waals surface area contributed by atoms with Crippen molar-refractivity contribution in [2.45, 2.75) is 19.5 Å². The molecule has 0 bridgehead atoms. The van der Waals surface area contributed by atoms with Crippen molar-refractivity contribution in [2.75, 3.05) is 26.2 Å². The van der Waals surface area contributed by atoms with Crippen LogP contribution in [0, 0.1) is 0 Å². The molecule has 0 aliphatic carbocycles. The summed E-state index contributed by atoms with van der Waals surface area (Å²) in [4.78, 5) is 22.0. The van der Waals surface area contributed by atoms with E-state index in [2.05, 4.69) is 61.0 Å². The van der Waals surface area contributed by atoms with Crippen LogP contribution in [0.2, 0.25) is 0 Å². The van der Waals surface area contributed by atoms with Crippen LogP contribution in [0.25, 0.3) is 5.65 Å². The highest BCUT2D eigenvalue weighted by Crippen LogP contribution is 2.12. The number of fused-ring (bicyclic) bond motifs is 1. The predicted molar refractivity (Wildman–Crippen MR) is 111 cm³/mol. The Kier molecular flexibility index (Phi) is 5.66. The zero-order valence-corrected chi connectivity index (χ0v) is 16.8. The predicted octanol–water partition coefficient (Wildman–Crippen LogP) is 3.16. The highest BCUT2D eigenvalue weighted by molar-refractivity contribution is 9.10. The third-order valence-electron chi connectivity index (χ3n) is 4.99. The van der Waals surface area contributed by atoms with E-state index in [1.54, 1.807) is 16.7 Å². The van der Waals surface area contributed by atoms with E-state index in [-0.39, 0.29) is 5.56 Å². The molecule has 0 unspecified atom stereocenters. The Morgan fingerprint density at radius 2 is 1.67 bits per heavy atom. The summed E-state index contributed by atoms with van der Waals surface area (Å²) in [6.45, 7) is 5.89. The van der Waals surface area contributed by atoms with E-state index in [1.807, 2.05) is 12.1 Å². The summed E-state index contributed by atoms with van der Waals surface area (Å²) < 4.78 is 2.45. The topological polar surface area (TPSA) is 40.9 Å². The molecule has 0 saturated carbocycles. The van der Waals surface area contributed by atoms with Crippen LogP contribution in [-0.4, -0.2) is 45.4 Å². The fourth-order valence-corrected chi connectivity index (χ4v) is 3.96. The minimum absolute atomic E-state index is 0.0307. The molecular weight excluding hydrogens is 404 g/mol. The summed E-state index contributed by atoms with van der Waals surface area (Å²) in [7, 11) is 0. The maximum Gasteiger partial charge on any atom is 0.258 e. The van der Waals surface area contributed by atoms with Gasteiger partial charge in [0.15, 0.2) is 0 Å². The quantitative estimate of drug-likeness (QED) is 0.642. The molecule has 5 nitrogen and oxygen atoms in total. The van der Waals surface area contributed by atoms with Crippen LogP contribution in [-0.2, 0) is 13.1 Å². The Balaban J connectivity index is 1.42. The molecule has 0 N–H and O–H groups in total. The minimum Gasteiger partial charge on any atom is -0.298 e. The molecule has 140 valence electrons. The largest absolute Gasteiger partial charge is 0.298 e. The Bertz CT molecular complexity index is 973. The van der Waals surface area contributed by atoms with Gasteiger partial charge in [-0.3, -0.25) is 19.0 Å². The second-order valence-corrected chi connectivity index (χ2v) is 7.97. The van der Waals surface area contributed by atoms with Gasteiger partial charge in [0.25, 0.3) is 5.56 Å². The van der Waals surface area contributed by atoms with Gasteiger partial charge in [-0.25, -0.2) is 4.98 Å². The van der Waals surface area contributed by atoms with Crippen molar-refractivity contribution in [3.05, 3.63) is 80.8 Å². The smallest absolute Gasteiger partial charge is 0.258 e.